The van der Waals surface area contributed by atoms with Gasteiger partial charge in [-0.15, -0.1) is 11.8 Å². The average Bonchev–Trinajstić information content (AvgIpc) is 2.86. The molecule has 4 nitrogen and oxygen atoms in total. The molecule has 3 aromatic rings. The fourth-order valence-corrected chi connectivity index (χ4v) is 4.89. The van der Waals surface area contributed by atoms with Gasteiger partial charge in [0.1, 0.15) is 6.04 Å². The van der Waals surface area contributed by atoms with Crippen molar-refractivity contribution in [2.24, 2.45) is 0 Å². The Kier molecular flexibility index (Phi) is 10.4. The predicted molar refractivity (Wildman–Crippen MR) is 146 cm³/mol. The zero-order chi connectivity index (χ0) is 25.0. The van der Waals surface area contributed by atoms with Gasteiger partial charge in [-0.2, -0.15) is 0 Å². The average molecular weight is 489 g/mol. The molecule has 0 aliphatic rings. The lowest BCUT2D eigenvalue weighted by Gasteiger charge is -2.32. The molecule has 3 aromatic carbocycles. The molecule has 0 fully saturated rings. The lowest BCUT2D eigenvalue weighted by atomic mass is 10.0. The van der Waals surface area contributed by atoms with Crippen LogP contribution in [0.3, 0.4) is 0 Å². The number of benzene rings is 3. The number of rotatable bonds is 12. The minimum absolute atomic E-state index is 0.0153. The molecule has 2 amide bonds. The summed E-state index contributed by atoms with van der Waals surface area (Å²) >= 11 is 1.60. The lowest BCUT2D eigenvalue weighted by molar-refractivity contribution is -0.139. The topological polar surface area (TPSA) is 49.4 Å². The summed E-state index contributed by atoms with van der Waals surface area (Å²) in [7, 11) is 0. The van der Waals surface area contributed by atoms with Gasteiger partial charge in [-0.05, 0) is 42.5 Å². The summed E-state index contributed by atoms with van der Waals surface area (Å²) in [6, 6.07) is 25.8. The molecule has 35 heavy (non-hydrogen) atoms. The van der Waals surface area contributed by atoms with E-state index in [1.54, 1.807) is 16.7 Å². The van der Waals surface area contributed by atoms with Crippen LogP contribution in [0.2, 0.25) is 0 Å². The van der Waals surface area contributed by atoms with Gasteiger partial charge >= 0.3 is 0 Å². The quantitative estimate of drug-likeness (QED) is 0.356. The predicted octanol–water partition coefficient (Wildman–Crippen LogP) is 5.70. The van der Waals surface area contributed by atoms with Crippen LogP contribution in [0.15, 0.2) is 78.9 Å². The van der Waals surface area contributed by atoms with Crippen LogP contribution in [0.25, 0.3) is 0 Å². The molecule has 0 saturated carbocycles. The van der Waals surface area contributed by atoms with Crippen LogP contribution in [0, 0.1) is 13.8 Å². The number of carbonyl (C=O) groups excluding carboxylic acids is 2. The molecule has 5 heteroatoms. The zero-order valence-electron chi connectivity index (χ0n) is 21.0. The smallest absolute Gasteiger partial charge is 0.243 e. The molecular weight excluding hydrogens is 452 g/mol. The van der Waals surface area contributed by atoms with Crippen molar-refractivity contribution < 1.29 is 9.59 Å². The summed E-state index contributed by atoms with van der Waals surface area (Å²) in [5.74, 6) is 0.975. The number of nitrogens with zero attached hydrogens (tertiary/aromatic N) is 1. The van der Waals surface area contributed by atoms with E-state index in [4.69, 9.17) is 0 Å². The molecule has 0 spiro atoms. The highest BCUT2D eigenvalue weighted by molar-refractivity contribution is 7.99. The molecular formula is C30H36N2O2S. The van der Waals surface area contributed by atoms with Crippen LogP contribution in [0.1, 0.15) is 41.2 Å². The van der Waals surface area contributed by atoms with E-state index in [0.29, 0.717) is 25.3 Å². The van der Waals surface area contributed by atoms with Gasteiger partial charge in [0.15, 0.2) is 0 Å². The third kappa shape index (κ3) is 8.29. The molecule has 0 unspecified atom stereocenters. The Labute approximate surface area is 214 Å². The highest BCUT2D eigenvalue weighted by Crippen LogP contribution is 2.20. The number of thioether (sulfide) groups is 1. The largest absolute Gasteiger partial charge is 0.354 e. The minimum atomic E-state index is -0.573. The first kappa shape index (κ1) is 26.6. The van der Waals surface area contributed by atoms with Crippen molar-refractivity contribution in [1.29, 1.82) is 0 Å². The van der Waals surface area contributed by atoms with Gasteiger partial charge in [0, 0.05) is 25.3 Å². The summed E-state index contributed by atoms with van der Waals surface area (Å²) in [4.78, 5) is 28.8. The molecule has 3 rings (SSSR count). The molecule has 184 valence electrons. The van der Waals surface area contributed by atoms with Crippen LogP contribution < -0.4 is 5.32 Å². The number of hydrogen-bond donors (Lipinski definition) is 1. The number of aryl methyl sites for hydroxylation is 2. The summed E-state index contributed by atoms with van der Waals surface area (Å²) in [5, 5.41) is 3.04. The Morgan fingerprint density at radius 2 is 1.63 bits per heavy atom. The molecule has 0 bridgehead atoms. The third-order valence-corrected chi connectivity index (χ3v) is 6.99. The van der Waals surface area contributed by atoms with Crippen molar-refractivity contribution >= 4 is 23.6 Å². The number of nitrogens with one attached hydrogen (secondary N) is 1. The molecule has 1 N–H and O–H groups in total. The second-order valence-electron chi connectivity index (χ2n) is 8.93. The maximum atomic E-state index is 13.7. The van der Waals surface area contributed by atoms with Crippen LogP contribution in [0.4, 0.5) is 0 Å². The molecule has 0 radical (unpaired) electrons. The number of amides is 2. The summed E-state index contributed by atoms with van der Waals surface area (Å²) in [5.41, 5.74) is 5.64. The Balaban J connectivity index is 1.84. The fraction of sp³-hybridized carbons (Fsp3) is 0.333. The first-order chi connectivity index (χ1) is 17.0. The van der Waals surface area contributed by atoms with E-state index < -0.39 is 6.04 Å². The van der Waals surface area contributed by atoms with Gasteiger partial charge in [-0.25, -0.2) is 0 Å². The maximum Gasteiger partial charge on any atom is 0.243 e. The van der Waals surface area contributed by atoms with Crippen molar-refractivity contribution in [2.75, 3.05) is 12.3 Å². The first-order valence-corrected chi connectivity index (χ1v) is 13.4. The van der Waals surface area contributed by atoms with Gasteiger partial charge < -0.3 is 10.2 Å². The van der Waals surface area contributed by atoms with E-state index in [1.165, 1.54) is 11.1 Å². The minimum Gasteiger partial charge on any atom is -0.354 e. The van der Waals surface area contributed by atoms with E-state index in [2.05, 4.69) is 30.4 Å². The van der Waals surface area contributed by atoms with E-state index in [-0.39, 0.29) is 11.8 Å². The molecule has 0 aliphatic carbocycles. The van der Waals surface area contributed by atoms with Gasteiger partial charge in [-0.3, -0.25) is 9.59 Å². The summed E-state index contributed by atoms with van der Waals surface area (Å²) < 4.78 is 0. The van der Waals surface area contributed by atoms with Crippen molar-refractivity contribution in [3.8, 4) is 0 Å². The normalized spacial score (nSPS) is 11.6. The number of carbonyl (C=O) groups is 2. The Morgan fingerprint density at radius 3 is 2.34 bits per heavy atom. The van der Waals surface area contributed by atoms with Crippen LogP contribution in [-0.2, 0) is 28.3 Å². The highest BCUT2D eigenvalue weighted by atomic mass is 32.2. The van der Waals surface area contributed by atoms with Gasteiger partial charge in [0.05, 0.1) is 5.75 Å². The molecule has 1 atom stereocenters. The Hall–Kier alpha value is -3.05. The van der Waals surface area contributed by atoms with Crippen molar-refractivity contribution in [2.45, 2.75) is 52.0 Å². The maximum absolute atomic E-state index is 13.7. The SMILES string of the molecule is CCCNC(=O)[C@H](Cc1ccccc1)N(Cc1ccccc1C)C(=O)CSCc1cccc(C)c1. The third-order valence-electron chi connectivity index (χ3n) is 6.00. The zero-order valence-corrected chi connectivity index (χ0v) is 21.8. The summed E-state index contributed by atoms with van der Waals surface area (Å²) in [6.45, 7) is 7.16. The van der Waals surface area contributed by atoms with E-state index in [1.807, 2.05) is 74.5 Å². The monoisotopic (exact) mass is 488 g/mol. The van der Waals surface area contributed by atoms with Crippen LogP contribution in [0.5, 0.6) is 0 Å². The Morgan fingerprint density at radius 1 is 0.914 bits per heavy atom. The fourth-order valence-electron chi connectivity index (χ4n) is 4.03. The van der Waals surface area contributed by atoms with Crippen LogP contribution in [-0.4, -0.2) is 35.1 Å². The standard InChI is InChI=1S/C30H36N2O2S/c1-4-17-31-30(34)28(19-25-13-6-5-7-14-25)32(20-27-16-9-8-12-24(27)3)29(33)22-35-21-26-15-10-11-23(2)18-26/h5-16,18,28H,4,17,19-22H2,1-3H3,(H,31,34)/t28-/m0/s1. The molecule has 0 heterocycles. The van der Waals surface area contributed by atoms with Gasteiger partial charge in [0.2, 0.25) is 11.8 Å². The van der Waals surface area contributed by atoms with E-state index in [9.17, 15) is 9.59 Å². The van der Waals surface area contributed by atoms with Crippen molar-refractivity contribution in [3.63, 3.8) is 0 Å². The Bertz CT molecular complexity index is 1100. The molecule has 0 aliphatic heterocycles. The van der Waals surface area contributed by atoms with Crippen molar-refractivity contribution in [1.82, 2.24) is 10.2 Å². The second kappa shape index (κ2) is 13.7. The van der Waals surface area contributed by atoms with Gasteiger partial charge in [0.25, 0.3) is 0 Å². The van der Waals surface area contributed by atoms with E-state index >= 15 is 0 Å². The lowest BCUT2D eigenvalue weighted by Crippen LogP contribution is -2.51. The van der Waals surface area contributed by atoms with Crippen LogP contribution >= 0.6 is 11.8 Å². The summed E-state index contributed by atoms with van der Waals surface area (Å²) in [6.07, 6.45) is 1.33. The highest BCUT2D eigenvalue weighted by Gasteiger charge is 2.30. The van der Waals surface area contributed by atoms with Crippen molar-refractivity contribution in [3.05, 3.63) is 107 Å². The number of hydrogen-bond acceptors (Lipinski definition) is 3. The molecule has 0 saturated heterocycles. The second-order valence-corrected chi connectivity index (χ2v) is 9.91. The first-order valence-electron chi connectivity index (χ1n) is 12.3. The van der Waals surface area contributed by atoms with E-state index in [0.717, 1.165) is 28.9 Å². The molecule has 0 aromatic heterocycles. The van der Waals surface area contributed by atoms with Gasteiger partial charge in [-0.1, -0.05) is 91.3 Å².